The molecule has 0 saturated heterocycles. The molecule has 2 aromatic rings. The van der Waals surface area contributed by atoms with Gasteiger partial charge in [-0.3, -0.25) is 0 Å². The Labute approximate surface area is 117 Å². The zero-order valence-corrected chi connectivity index (χ0v) is 11.4. The topological polar surface area (TPSA) is 72.3 Å². The van der Waals surface area contributed by atoms with E-state index >= 15 is 0 Å². The van der Waals surface area contributed by atoms with Crippen LogP contribution in [0.25, 0.3) is 0 Å². The highest BCUT2D eigenvalue weighted by molar-refractivity contribution is 5.88. The lowest BCUT2D eigenvalue weighted by atomic mass is 10.0. The molecule has 1 aromatic heterocycles. The van der Waals surface area contributed by atoms with Gasteiger partial charge in [-0.2, -0.15) is 0 Å². The van der Waals surface area contributed by atoms with Crippen molar-refractivity contribution in [2.75, 3.05) is 0 Å². The number of aromatic nitrogens is 2. The van der Waals surface area contributed by atoms with E-state index < -0.39 is 5.97 Å². The fourth-order valence-corrected chi connectivity index (χ4v) is 1.75. The lowest BCUT2D eigenvalue weighted by Gasteiger charge is -2.09. The second-order valence-electron chi connectivity index (χ2n) is 4.70. The number of hydrogen-bond donors (Lipinski definition) is 1. The van der Waals surface area contributed by atoms with Crippen molar-refractivity contribution in [2.45, 2.75) is 26.4 Å². The summed E-state index contributed by atoms with van der Waals surface area (Å²) < 4.78 is 5.56. The maximum atomic E-state index is 11.0. The zero-order valence-electron chi connectivity index (χ0n) is 11.4. The fourth-order valence-electron chi connectivity index (χ4n) is 1.75. The summed E-state index contributed by atoms with van der Waals surface area (Å²) in [6, 6.07) is 7.74. The van der Waals surface area contributed by atoms with Gasteiger partial charge < -0.3 is 9.84 Å². The minimum Gasteiger partial charge on any atom is -0.487 e. The predicted octanol–water partition coefficient (Wildman–Crippen LogP) is 2.88. The van der Waals surface area contributed by atoms with E-state index in [9.17, 15) is 4.79 Å². The second kappa shape index (κ2) is 6.14. The number of carbonyl (C=O) groups is 1. The van der Waals surface area contributed by atoms with Crippen LogP contribution >= 0.6 is 0 Å². The molecule has 0 amide bonds. The number of carboxylic acid groups (broad SMARTS) is 1. The number of rotatable bonds is 5. The van der Waals surface area contributed by atoms with Crippen LogP contribution in [-0.4, -0.2) is 21.0 Å². The molecule has 0 aliphatic heterocycles. The van der Waals surface area contributed by atoms with Crippen molar-refractivity contribution >= 4 is 5.97 Å². The van der Waals surface area contributed by atoms with Gasteiger partial charge in [0, 0.05) is 6.20 Å². The van der Waals surface area contributed by atoms with Crippen LogP contribution in [0.1, 0.15) is 41.4 Å². The molecular weight excluding hydrogens is 256 g/mol. The first-order valence-corrected chi connectivity index (χ1v) is 6.33. The molecule has 1 aromatic carbocycles. The van der Waals surface area contributed by atoms with E-state index in [1.54, 1.807) is 0 Å². The molecular formula is C15H16N2O3. The van der Waals surface area contributed by atoms with Crippen molar-refractivity contribution in [1.29, 1.82) is 0 Å². The van der Waals surface area contributed by atoms with Crippen molar-refractivity contribution in [2.24, 2.45) is 0 Å². The minimum atomic E-state index is -1.06. The lowest BCUT2D eigenvalue weighted by molar-refractivity contribution is 0.0692. The highest BCUT2D eigenvalue weighted by Gasteiger charge is 2.11. The third kappa shape index (κ3) is 3.32. The SMILES string of the molecule is CC(C)c1ccc(OCc2ncncc2C(=O)O)cc1. The number of aromatic carboxylic acids is 1. The summed E-state index contributed by atoms with van der Waals surface area (Å²) in [4.78, 5) is 18.7. The van der Waals surface area contributed by atoms with Crippen molar-refractivity contribution in [3.05, 3.63) is 53.6 Å². The molecule has 0 spiro atoms. The fraction of sp³-hybridized carbons (Fsp3) is 0.267. The minimum absolute atomic E-state index is 0.0614. The largest absolute Gasteiger partial charge is 0.487 e. The molecule has 5 nitrogen and oxygen atoms in total. The normalized spacial score (nSPS) is 10.6. The molecule has 0 bridgehead atoms. The second-order valence-corrected chi connectivity index (χ2v) is 4.70. The molecule has 1 N–H and O–H groups in total. The van der Waals surface area contributed by atoms with Crippen LogP contribution in [-0.2, 0) is 6.61 Å². The number of nitrogens with zero attached hydrogens (tertiary/aromatic N) is 2. The summed E-state index contributed by atoms with van der Waals surface area (Å²) in [5.74, 6) is 0.0910. The molecule has 1 heterocycles. The molecule has 104 valence electrons. The Balaban J connectivity index is 2.07. The summed E-state index contributed by atoms with van der Waals surface area (Å²) in [7, 11) is 0. The average molecular weight is 272 g/mol. The quantitative estimate of drug-likeness (QED) is 0.906. The van der Waals surface area contributed by atoms with Gasteiger partial charge in [-0.1, -0.05) is 26.0 Å². The van der Waals surface area contributed by atoms with Gasteiger partial charge in [0.2, 0.25) is 0 Å². The van der Waals surface area contributed by atoms with Crippen LogP contribution in [0.4, 0.5) is 0 Å². The van der Waals surface area contributed by atoms with E-state index in [-0.39, 0.29) is 12.2 Å². The third-order valence-corrected chi connectivity index (χ3v) is 2.95. The van der Waals surface area contributed by atoms with Crippen molar-refractivity contribution in [3.63, 3.8) is 0 Å². The summed E-state index contributed by atoms with van der Waals surface area (Å²) >= 11 is 0. The highest BCUT2D eigenvalue weighted by atomic mass is 16.5. The van der Waals surface area contributed by atoms with Gasteiger partial charge in [0.05, 0.1) is 5.69 Å². The van der Waals surface area contributed by atoms with Crippen LogP contribution in [0.15, 0.2) is 36.8 Å². The highest BCUT2D eigenvalue weighted by Crippen LogP contribution is 2.19. The molecule has 5 heteroatoms. The summed E-state index contributed by atoms with van der Waals surface area (Å²) in [5.41, 5.74) is 1.65. The molecule has 0 unspecified atom stereocenters. The summed E-state index contributed by atoms with van der Waals surface area (Å²) in [6.45, 7) is 4.34. The van der Waals surface area contributed by atoms with Gasteiger partial charge in [-0.25, -0.2) is 14.8 Å². The predicted molar refractivity (Wildman–Crippen MR) is 73.9 cm³/mol. The lowest BCUT2D eigenvalue weighted by Crippen LogP contribution is -2.08. The van der Waals surface area contributed by atoms with Gasteiger partial charge in [0.1, 0.15) is 24.2 Å². The first-order valence-electron chi connectivity index (χ1n) is 6.33. The smallest absolute Gasteiger partial charge is 0.339 e. The third-order valence-electron chi connectivity index (χ3n) is 2.95. The Morgan fingerprint density at radius 3 is 2.60 bits per heavy atom. The maximum Gasteiger partial charge on any atom is 0.339 e. The van der Waals surface area contributed by atoms with Crippen LogP contribution < -0.4 is 4.74 Å². The Morgan fingerprint density at radius 1 is 1.30 bits per heavy atom. The molecule has 0 atom stereocenters. The van der Waals surface area contributed by atoms with Crippen LogP contribution in [0.5, 0.6) is 5.75 Å². The summed E-state index contributed by atoms with van der Waals surface area (Å²) in [6.07, 6.45) is 2.59. The first kappa shape index (κ1) is 14.0. The molecule has 0 aliphatic carbocycles. The molecule has 2 rings (SSSR count). The van der Waals surface area contributed by atoms with E-state index in [0.717, 1.165) is 0 Å². The van der Waals surface area contributed by atoms with E-state index in [4.69, 9.17) is 9.84 Å². The maximum absolute atomic E-state index is 11.0. The molecule has 0 radical (unpaired) electrons. The Kier molecular flexibility index (Phi) is 4.30. The van der Waals surface area contributed by atoms with Crippen LogP contribution in [0.3, 0.4) is 0 Å². The monoisotopic (exact) mass is 272 g/mol. The number of ether oxygens (including phenoxy) is 1. The van der Waals surface area contributed by atoms with Gasteiger partial charge >= 0.3 is 5.97 Å². The Bertz CT molecular complexity index is 594. The van der Waals surface area contributed by atoms with E-state index in [0.29, 0.717) is 17.4 Å². The van der Waals surface area contributed by atoms with Gasteiger partial charge in [-0.05, 0) is 23.6 Å². The number of carboxylic acids is 1. The van der Waals surface area contributed by atoms with E-state index in [1.807, 2.05) is 24.3 Å². The van der Waals surface area contributed by atoms with Gasteiger partial charge in [0.15, 0.2) is 0 Å². The Morgan fingerprint density at radius 2 is 2.00 bits per heavy atom. The Hall–Kier alpha value is -2.43. The number of benzene rings is 1. The van der Waals surface area contributed by atoms with Crippen LogP contribution in [0, 0.1) is 0 Å². The zero-order chi connectivity index (χ0) is 14.5. The van der Waals surface area contributed by atoms with Crippen molar-refractivity contribution in [3.8, 4) is 5.75 Å². The molecule has 0 saturated carbocycles. The first-order chi connectivity index (χ1) is 9.58. The van der Waals surface area contributed by atoms with Gasteiger partial charge in [-0.15, -0.1) is 0 Å². The van der Waals surface area contributed by atoms with Crippen molar-refractivity contribution < 1.29 is 14.6 Å². The van der Waals surface area contributed by atoms with Gasteiger partial charge in [0.25, 0.3) is 0 Å². The summed E-state index contributed by atoms with van der Waals surface area (Å²) in [5, 5.41) is 9.02. The standard InChI is InChI=1S/C15H16N2O3/c1-10(2)11-3-5-12(6-4-11)20-8-14-13(15(18)19)7-16-9-17-14/h3-7,9-10H,8H2,1-2H3,(H,18,19). The van der Waals surface area contributed by atoms with E-state index in [1.165, 1.54) is 18.1 Å². The van der Waals surface area contributed by atoms with Crippen molar-refractivity contribution in [1.82, 2.24) is 9.97 Å². The number of hydrogen-bond acceptors (Lipinski definition) is 4. The average Bonchev–Trinajstić information content (AvgIpc) is 2.45. The molecule has 20 heavy (non-hydrogen) atoms. The molecule has 0 fully saturated rings. The molecule has 0 aliphatic rings. The van der Waals surface area contributed by atoms with Crippen LogP contribution in [0.2, 0.25) is 0 Å². The van der Waals surface area contributed by atoms with E-state index in [2.05, 4.69) is 23.8 Å².